The van der Waals surface area contributed by atoms with Crippen LogP contribution in [0.25, 0.3) is 0 Å². The van der Waals surface area contributed by atoms with E-state index in [2.05, 4.69) is 4.90 Å². The molecule has 1 aromatic carbocycles. The van der Waals surface area contributed by atoms with Gasteiger partial charge in [-0.25, -0.2) is 8.42 Å². The lowest BCUT2D eigenvalue weighted by Crippen LogP contribution is -2.63. The zero-order valence-electron chi connectivity index (χ0n) is 16.3. The molecule has 3 aliphatic rings. The summed E-state index contributed by atoms with van der Waals surface area (Å²) >= 11 is 5.93. The summed E-state index contributed by atoms with van der Waals surface area (Å²) in [5.74, 6) is -0.126. The van der Waals surface area contributed by atoms with Crippen LogP contribution in [0.4, 0.5) is 0 Å². The Morgan fingerprint density at radius 3 is 2.66 bits per heavy atom. The Kier molecular flexibility index (Phi) is 6.02. The minimum absolute atomic E-state index is 0.00776. The highest BCUT2D eigenvalue weighted by Crippen LogP contribution is 2.43. The second-order valence-electron chi connectivity index (χ2n) is 8.35. The summed E-state index contributed by atoms with van der Waals surface area (Å²) in [5, 5.41) is 9.46. The van der Waals surface area contributed by atoms with Crippen molar-refractivity contribution in [3.63, 3.8) is 0 Å². The SMILES string of the molecule is O=C(O)C/C=C/C1CCN2CCCC3CN(S(=O)(=O)c4ccc(Cl)cc4)CC1C32. The number of aliphatic carboxylic acids is 1. The average Bonchev–Trinajstić information content (AvgIpc) is 2.69. The Labute approximate surface area is 177 Å². The molecule has 4 rings (SSSR count). The fraction of sp³-hybridized carbons (Fsp3) is 0.571. The van der Waals surface area contributed by atoms with Gasteiger partial charge in [-0.3, -0.25) is 9.69 Å². The van der Waals surface area contributed by atoms with Crippen LogP contribution in [-0.2, 0) is 14.8 Å². The summed E-state index contributed by atoms with van der Waals surface area (Å²) in [4.78, 5) is 13.7. The molecule has 158 valence electrons. The predicted molar refractivity (Wildman–Crippen MR) is 111 cm³/mol. The van der Waals surface area contributed by atoms with Gasteiger partial charge in [0.15, 0.2) is 0 Å². The molecule has 0 aromatic heterocycles. The van der Waals surface area contributed by atoms with Crippen LogP contribution < -0.4 is 0 Å². The molecule has 6 nitrogen and oxygen atoms in total. The molecule has 8 heteroatoms. The largest absolute Gasteiger partial charge is 0.481 e. The first-order valence-corrected chi connectivity index (χ1v) is 12.1. The Morgan fingerprint density at radius 1 is 1.17 bits per heavy atom. The normalized spacial score (nSPS) is 30.9. The summed E-state index contributed by atoms with van der Waals surface area (Å²) < 4.78 is 28.3. The second kappa shape index (κ2) is 8.38. The minimum Gasteiger partial charge on any atom is -0.481 e. The van der Waals surface area contributed by atoms with E-state index in [9.17, 15) is 13.2 Å². The van der Waals surface area contributed by atoms with E-state index in [1.807, 2.05) is 6.08 Å². The van der Waals surface area contributed by atoms with Gasteiger partial charge in [-0.1, -0.05) is 23.8 Å². The average molecular weight is 439 g/mol. The van der Waals surface area contributed by atoms with E-state index < -0.39 is 16.0 Å². The van der Waals surface area contributed by atoms with E-state index >= 15 is 0 Å². The van der Waals surface area contributed by atoms with Gasteiger partial charge in [-0.05, 0) is 74.4 Å². The van der Waals surface area contributed by atoms with Crippen LogP contribution in [0, 0.1) is 17.8 Å². The number of benzene rings is 1. The highest BCUT2D eigenvalue weighted by Gasteiger charge is 2.49. The molecule has 0 aliphatic carbocycles. The van der Waals surface area contributed by atoms with Crippen molar-refractivity contribution in [3.8, 4) is 0 Å². The van der Waals surface area contributed by atoms with E-state index in [1.54, 1.807) is 34.6 Å². The number of nitrogens with zero attached hydrogens (tertiary/aromatic N) is 2. The van der Waals surface area contributed by atoms with Gasteiger partial charge < -0.3 is 5.11 Å². The van der Waals surface area contributed by atoms with Crippen molar-refractivity contribution in [1.82, 2.24) is 9.21 Å². The number of carbonyl (C=O) groups is 1. The van der Waals surface area contributed by atoms with E-state index in [0.29, 0.717) is 30.1 Å². The summed E-state index contributed by atoms with van der Waals surface area (Å²) in [6.45, 7) is 3.11. The maximum Gasteiger partial charge on any atom is 0.307 e. The van der Waals surface area contributed by atoms with Crippen LogP contribution in [0.1, 0.15) is 25.7 Å². The van der Waals surface area contributed by atoms with E-state index in [1.165, 1.54) is 0 Å². The molecule has 0 bridgehead atoms. The van der Waals surface area contributed by atoms with Gasteiger partial charge in [0.2, 0.25) is 10.0 Å². The topological polar surface area (TPSA) is 77.9 Å². The third-order valence-corrected chi connectivity index (χ3v) is 8.74. The first kappa shape index (κ1) is 20.8. The number of piperidine rings is 3. The van der Waals surface area contributed by atoms with Gasteiger partial charge in [-0.15, -0.1) is 0 Å². The Bertz CT molecular complexity index is 886. The first-order valence-electron chi connectivity index (χ1n) is 10.2. The van der Waals surface area contributed by atoms with Gasteiger partial charge >= 0.3 is 5.97 Å². The summed E-state index contributed by atoms with van der Waals surface area (Å²) in [5.41, 5.74) is 0. The van der Waals surface area contributed by atoms with Gasteiger partial charge in [0.05, 0.1) is 11.3 Å². The minimum atomic E-state index is -3.59. The van der Waals surface area contributed by atoms with Crippen molar-refractivity contribution >= 4 is 27.6 Å². The Hall–Kier alpha value is -1.41. The van der Waals surface area contributed by atoms with Gasteiger partial charge in [0.1, 0.15) is 0 Å². The fourth-order valence-corrected chi connectivity index (χ4v) is 7.05. The van der Waals surface area contributed by atoms with Crippen molar-refractivity contribution in [2.24, 2.45) is 17.8 Å². The fourth-order valence-electron chi connectivity index (χ4n) is 5.39. The zero-order valence-corrected chi connectivity index (χ0v) is 17.9. The van der Waals surface area contributed by atoms with E-state index in [-0.39, 0.29) is 23.2 Å². The molecule has 4 atom stereocenters. The van der Waals surface area contributed by atoms with Gasteiger partial charge in [0, 0.05) is 24.2 Å². The highest BCUT2D eigenvalue weighted by molar-refractivity contribution is 7.89. The zero-order chi connectivity index (χ0) is 20.6. The molecule has 0 saturated carbocycles. The van der Waals surface area contributed by atoms with E-state index in [0.717, 1.165) is 32.4 Å². The monoisotopic (exact) mass is 438 g/mol. The summed E-state index contributed by atoms with van der Waals surface area (Å²) in [6.07, 6.45) is 6.83. The third kappa shape index (κ3) is 4.24. The summed E-state index contributed by atoms with van der Waals surface area (Å²) in [7, 11) is -3.59. The lowest BCUT2D eigenvalue weighted by atomic mass is 9.69. The number of sulfonamides is 1. The molecule has 3 heterocycles. The molecule has 1 N–H and O–H groups in total. The molecule has 3 aliphatic heterocycles. The van der Waals surface area contributed by atoms with Crippen LogP contribution in [0.3, 0.4) is 0 Å². The smallest absolute Gasteiger partial charge is 0.307 e. The quantitative estimate of drug-likeness (QED) is 0.715. The van der Waals surface area contributed by atoms with Crippen molar-refractivity contribution in [1.29, 1.82) is 0 Å². The van der Waals surface area contributed by atoms with Crippen molar-refractivity contribution in [3.05, 3.63) is 41.4 Å². The molecular weight excluding hydrogens is 412 g/mol. The number of hydrogen-bond donors (Lipinski definition) is 1. The maximum absolute atomic E-state index is 13.3. The van der Waals surface area contributed by atoms with Crippen molar-refractivity contribution < 1.29 is 18.3 Å². The predicted octanol–water partition coefficient (Wildman–Crippen LogP) is 3.09. The standard InChI is InChI=1S/C21H27ClN2O4S/c22-17-6-8-18(9-7-17)29(27,28)24-13-16-4-2-11-23-12-10-15(3-1-5-20(25)26)19(14-24)21(16)23/h1,3,6-9,15-16,19,21H,2,4-5,10-14H2,(H,25,26)/b3-1+. The number of halogens is 1. The second-order valence-corrected chi connectivity index (χ2v) is 10.7. The van der Waals surface area contributed by atoms with Crippen molar-refractivity contribution in [2.75, 3.05) is 26.2 Å². The molecule has 3 fully saturated rings. The number of allylic oxidation sites excluding steroid dienone is 1. The van der Waals surface area contributed by atoms with Crippen LogP contribution >= 0.6 is 11.6 Å². The number of carboxylic acids is 1. The van der Waals surface area contributed by atoms with Crippen LogP contribution in [0.15, 0.2) is 41.3 Å². The molecule has 0 amide bonds. The number of rotatable bonds is 5. The Balaban J connectivity index is 1.61. The summed E-state index contributed by atoms with van der Waals surface area (Å²) in [6, 6.07) is 6.75. The van der Waals surface area contributed by atoms with Crippen LogP contribution in [0.2, 0.25) is 5.02 Å². The number of hydrogen-bond acceptors (Lipinski definition) is 4. The molecule has 0 spiro atoms. The maximum atomic E-state index is 13.3. The first-order chi connectivity index (χ1) is 13.9. The number of carboxylic acid groups (broad SMARTS) is 1. The molecule has 4 unspecified atom stereocenters. The van der Waals surface area contributed by atoms with Crippen LogP contribution in [-0.4, -0.2) is 60.9 Å². The Morgan fingerprint density at radius 2 is 1.93 bits per heavy atom. The molecular formula is C21H27ClN2O4S. The lowest BCUT2D eigenvalue weighted by molar-refractivity contribution is -0.136. The molecule has 0 radical (unpaired) electrons. The molecule has 1 aromatic rings. The van der Waals surface area contributed by atoms with Crippen molar-refractivity contribution in [2.45, 2.75) is 36.6 Å². The molecule has 3 saturated heterocycles. The van der Waals surface area contributed by atoms with Crippen LogP contribution in [0.5, 0.6) is 0 Å². The van der Waals surface area contributed by atoms with Gasteiger partial charge in [-0.2, -0.15) is 4.31 Å². The molecule has 29 heavy (non-hydrogen) atoms. The highest BCUT2D eigenvalue weighted by atomic mass is 35.5. The third-order valence-electron chi connectivity index (χ3n) is 6.64. The van der Waals surface area contributed by atoms with Gasteiger partial charge in [0.25, 0.3) is 0 Å². The van der Waals surface area contributed by atoms with E-state index in [4.69, 9.17) is 16.7 Å². The lowest BCUT2D eigenvalue weighted by Gasteiger charge is -2.55.